The summed E-state index contributed by atoms with van der Waals surface area (Å²) in [6.45, 7) is 5.01. The van der Waals surface area contributed by atoms with Crippen molar-refractivity contribution in [3.8, 4) is 0 Å². The van der Waals surface area contributed by atoms with Crippen LogP contribution in [0.3, 0.4) is 0 Å². The molecule has 1 unspecified atom stereocenters. The molecule has 0 aliphatic carbocycles. The molecule has 20 heavy (non-hydrogen) atoms. The summed E-state index contributed by atoms with van der Waals surface area (Å²) in [5.41, 5.74) is 0. The highest BCUT2D eigenvalue weighted by Crippen LogP contribution is 2.28. The van der Waals surface area contributed by atoms with Crippen LogP contribution in [0, 0.1) is 5.92 Å². The van der Waals surface area contributed by atoms with Crippen LogP contribution in [0.25, 0.3) is 0 Å². The van der Waals surface area contributed by atoms with E-state index in [2.05, 4.69) is 5.32 Å². The Labute approximate surface area is 124 Å². The van der Waals surface area contributed by atoms with Gasteiger partial charge >= 0.3 is 0 Å². The molecule has 0 radical (unpaired) electrons. The fourth-order valence-electron chi connectivity index (χ4n) is 2.24. The minimum atomic E-state index is -3.54. The smallest absolute Gasteiger partial charge is 0.253 e. The van der Waals surface area contributed by atoms with Gasteiger partial charge in [0.25, 0.3) is 10.0 Å². The van der Waals surface area contributed by atoms with E-state index in [1.165, 1.54) is 15.6 Å². The number of carbonyl (C=O) groups is 1. The number of carbonyl (C=O) groups excluding carboxylic acids is 1. The average Bonchev–Trinajstić information content (AvgIpc) is 3.06. The third-order valence-corrected chi connectivity index (χ3v) is 6.53. The van der Waals surface area contributed by atoms with E-state index >= 15 is 0 Å². The van der Waals surface area contributed by atoms with Gasteiger partial charge in [0.05, 0.1) is 0 Å². The first-order valence-electron chi connectivity index (χ1n) is 6.76. The Kier molecular flexibility index (Phi) is 4.82. The van der Waals surface area contributed by atoms with Gasteiger partial charge < -0.3 is 5.32 Å². The zero-order chi connectivity index (χ0) is 14.8. The van der Waals surface area contributed by atoms with Gasteiger partial charge in [-0.25, -0.2) is 8.42 Å². The number of sulfonamides is 1. The van der Waals surface area contributed by atoms with Gasteiger partial charge in [-0.3, -0.25) is 4.79 Å². The second-order valence-corrected chi connectivity index (χ2v) is 8.41. The number of nitrogens with zero attached hydrogens (tertiary/aromatic N) is 1. The summed E-state index contributed by atoms with van der Waals surface area (Å²) >= 11 is 1.19. The molecular formula is C13H20N2O3S2. The molecule has 0 aromatic carbocycles. The lowest BCUT2D eigenvalue weighted by atomic mass is 10.2. The molecule has 1 amide bonds. The predicted molar refractivity (Wildman–Crippen MR) is 79.1 cm³/mol. The standard InChI is InChI=1S/C13H20N2O3S2/c1-10(2)9-14-13(16)11-5-3-7-15(11)20(17,18)12-6-4-8-19-12/h4,6,8,10-11H,3,5,7,9H2,1-2H3,(H,14,16). The Bertz CT molecular complexity index is 552. The molecule has 0 bridgehead atoms. The van der Waals surface area contributed by atoms with Crippen LogP contribution in [0.1, 0.15) is 26.7 Å². The van der Waals surface area contributed by atoms with E-state index in [0.717, 1.165) is 6.42 Å². The second-order valence-electron chi connectivity index (χ2n) is 5.34. The van der Waals surface area contributed by atoms with Crippen LogP contribution in [-0.2, 0) is 14.8 Å². The van der Waals surface area contributed by atoms with Crippen molar-refractivity contribution in [2.24, 2.45) is 5.92 Å². The highest BCUT2D eigenvalue weighted by atomic mass is 32.2. The number of hydrogen-bond acceptors (Lipinski definition) is 4. The lowest BCUT2D eigenvalue weighted by molar-refractivity contribution is -0.124. The molecule has 5 nitrogen and oxygen atoms in total. The van der Waals surface area contributed by atoms with Gasteiger partial charge in [0.1, 0.15) is 10.3 Å². The van der Waals surface area contributed by atoms with Gasteiger partial charge in [-0.05, 0) is 30.2 Å². The fourth-order valence-corrected chi connectivity index (χ4v) is 5.01. The van der Waals surface area contributed by atoms with Gasteiger partial charge in [0, 0.05) is 13.1 Å². The maximum atomic E-state index is 12.5. The molecule has 1 aliphatic rings. The molecule has 1 aromatic heterocycles. The molecule has 7 heteroatoms. The van der Waals surface area contributed by atoms with Gasteiger partial charge in [0.15, 0.2) is 0 Å². The minimum Gasteiger partial charge on any atom is -0.354 e. The quantitative estimate of drug-likeness (QED) is 0.898. The van der Waals surface area contributed by atoms with Crippen LogP contribution in [0.15, 0.2) is 21.7 Å². The van der Waals surface area contributed by atoms with Crippen LogP contribution >= 0.6 is 11.3 Å². The summed E-state index contributed by atoms with van der Waals surface area (Å²) in [5.74, 6) is 0.166. The van der Waals surface area contributed by atoms with Crippen molar-refractivity contribution >= 4 is 27.3 Å². The van der Waals surface area contributed by atoms with E-state index in [4.69, 9.17) is 0 Å². The van der Waals surface area contributed by atoms with Crippen LogP contribution in [0.2, 0.25) is 0 Å². The maximum absolute atomic E-state index is 12.5. The van der Waals surface area contributed by atoms with Crippen molar-refractivity contribution in [1.29, 1.82) is 0 Å². The fraction of sp³-hybridized carbons (Fsp3) is 0.615. The van der Waals surface area contributed by atoms with E-state index in [1.54, 1.807) is 17.5 Å². The van der Waals surface area contributed by atoms with E-state index in [0.29, 0.717) is 29.6 Å². The molecule has 1 atom stereocenters. The van der Waals surface area contributed by atoms with Gasteiger partial charge in [0.2, 0.25) is 5.91 Å². The molecule has 112 valence electrons. The van der Waals surface area contributed by atoms with Crippen molar-refractivity contribution in [3.05, 3.63) is 17.5 Å². The predicted octanol–water partition coefficient (Wildman–Crippen LogP) is 1.67. The van der Waals surface area contributed by atoms with E-state index in [-0.39, 0.29) is 5.91 Å². The van der Waals surface area contributed by atoms with Gasteiger partial charge in [-0.2, -0.15) is 4.31 Å². The summed E-state index contributed by atoms with van der Waals surface area (Å²) in [4.78, 5) is 12.2. The lowest BCUT2D eigenvalue weighted by Crippen LogP contribution is -2.46. The molecule has 1 N–H and O–H groups in total. The second kappa shape index (κ2) is 6.24. The highest BCUT2D eigenvalue weighted by molar-refractivity contribution is 7.91. The molecule has 1 aromatic rings. The van der Waals surface area contributed by atoms with Gasteiger partial charge in [-0.1, -0.05) is 19.9 Å². The topological polar surface area (TPSA) is 66.5 Å². The zero-order valence-electron chi connectivity index (χ0n) is 11.7. The van der Waals surface area contributed by atoms with Gasteiger partial charge in [-0.15, -0.1) is 11.3 Å². The molecule has 2 heterocycles. The molecule has 2 rings (SSSR count). The molecule has 1 saturated heterocycles. The van der Waals surface area contributed by atoms with E-state index < -0.39 is 16.1 Å². The molecule has 1 aliphatic heterocycles. The Morgan fingerprint density at radius 3 is 2.90 bits per heavy atom. The Morgan fingerprint density at radius 2 is 2.30 bits per heavy atom. The van der Waals surface area contributed by atoms with Crippen molar-refractivity contribution in [2.45, 2.75) is 36.9 Å². The SMILES string of the molecule is CC(C)CNC(=O)C1CCCN1S(=O)(=O)c1cccs1. The molecule has 0 saturated carbocycles. The average molecular weight is 316 g/mol. The first-order chi connectivity index (χ1) is 9.43. The number of hydrogen-bond donors (Lipinski definition) is 1. The third-order valence-electron chi connectivity index (χ3n) is 3.25. The van der Waals surface area contributed by atoms with Crippen molar-refractivity contribution in [2.75, 3.05) is 13.1 Å². The van der Waals surface area contributed by atoms with Crippen molar-refractivity contribution in [3.63, 3.8) is 0 Å². The number of rotatable bonds is 5. The minimum absolute atomic E-state index is 0.184. The van der Waals surface area contributed by atoms with Crippen molar-refractivity contribution < 1.29 is 13.2 Å². The maximum Gasteiger partial charge on any atom is 0.253 e. The molecule has 0 spiro atoms. The Balaban J connectivity index is 2.13. The van der Waals surface area contributed by atoms with Crippen LogP contribution < -0.4 is 5.32 Å². The number of thiophene rings is 1. The zero-order valence-corrected chi connectivity index (χ0v) is 13.3. The first-order valence-corrected chi connectivity index (χ1v) is 9.08. The highest BCUT2D eigenvalue weighted by Gasteiger charge is 2.39. The van der Waals surface area contributed by atoms with E-state index in [9.17, 15) is 13.2 Å². The summed E-state index contributed by atoms with van der Waals surface area (Å²) in [6, 6.07) is 2.73. The normalized spacial score (nSPS) is 20.4. The molecular weight excluding hydrogens is 296 g/mol. The molecule has 1 fully saturated rings. The first kappa shape index (κ1) is 15.5. The summed E-state index contributed by atoms with van der Waals surface area (Å²) in [7, 11) is -3.54. The van der Waals surface area contributed by atoms with Crippen LogP contribution in [0.4, 0.5) is 0 Å². The van der Waals surface area contributed by atoms with E-state index in [1.807, 2.05) is 13.8 Å². The lowest BCUT2D eigenvalue weighted by Gasteiger charge is -2.23. The Morgan fingerprint density at radius 1 is 1.55 bits per heavy atom. The summed E-state index contributed by atoms with van der Waals surface area (Å²) < 4.78 is 26.7. The van der Waals surface area contributed by atoms with Crippen LogP contribution in [-0.4, -0.2) is 37.8 Å². The summed E-state index contributed by atoms with van der Waals surface area (Å²) in [5, 5.41) is 4.56. The monoisotopic (exact) mass is 316 g/mol. The number of nitrogens with one attached hydrogen (secondary N) is 1. The van der Waals surface area contributed by atoms with Crippen LogP contribution in [0.5, 0.6) is 0 Å². The number of amides is 1. The third kappa shape index (κ3) is 3.21. The van der Waals surface area contributed by atoms with Crippen molar-refractivity contribution in [1.82, 2.24) is 9.62 Å². The summed E-state index contributed by atoms with van der Waals surface area (Å²) in [6.07, 6.45) is 1.32. The largest absolute Gasteiger partial charge is 0.354 e. The Hall–Kier alpha value is -0.920.